The molecule has 3 N–H and O–H groups in total. The summed E-state index contributed by atoms with van der Waals surface area (Å²) in [5.41, 5.74) is 3.66. The number of ketones is 1. The SMILES string of the molecule is Cc1ccc(C(=O)NCC(=O)OCC(=O)c2c(N)n(C)c(=O)n(C)c2=O)s1. The van der Waals surface area contributed by atoms with Gasteiger partial charge in [0.25, 0.3) is 11.5 Å². The Balaban J connectivity index is 1.98. The first kappa shape index (κ1) is 20.1. The number of amides is 1. The second kappa shape index (κ2) is 7.99. The minimum absolute atomic E-state index is 0.314. The van der Waals surface area contributed by atoms with Gasteiger partial charge in [0.1, 0.15) is 17.9 Å². The van der Waals surface area contributed by atoms with Gasteiger partial charge in [-0.2, -0.15) is 0 Å². The Labute approximate surface area is 157 Å². The summed E-state index contributed by atoms with van der Waals surface area (Å²) in [4.78, 5) is 61.0. The summed E-state index contributed by atoms with van der Waals surface area (Å²) in [6.07, 6.45) is 0. The van der Waals surface area contributed by atoms with Gasteiger partial charge < -0.3 is 15.8 Å². The van der Waals surface area contributed by atoms with Crippen molar-refractivity contribution in [2.75, 3.05) is 18.9 Å². The van der Waals surface area contributed by atoms with E-state index in [-0.39, 0.29) is 5.82 Å². The lowest BCUT2D eigenvalue weighted by Gasteiger charge is -2.11. The fraction of sp³-hybridized carbons (Fsp3) is 0.312. The van der Waals surface area contributed by atoms with Crippen LogP contribution in [0.5, 0.6) is 0 Å². The van der Waals surface area contributed by atoms with E-state index in [1.165, 1.54) is 25.4 Å². The van der Waals surface area contributed by atoms with E-state index in [0.29, 0.717) is 4.88 Å². The third-order valence-electron chi connectivity index (χ3n) is 3.71. The summed E-state index contributed by atoms with van der Waals surface area (Å²) < 4.78 is 6.45. The van der Waals surface area contributed by atoms with Gasteiger partial charge in [0, 0.05) is 19.0 Å². The van der Waals surface area contributed by atoms with E-state index in [9.17, 15) is 24.0 Å². The monoisotopic (exact) mass is 394 g/mol. The van der Waals surface area contributed by atoms with Crippen LogP contribution in [0.1, 0.15) is 24.9 Å². The number of carbonyl (C=O) groups is 3. The normalized spacial score (nSPS) is 10.5. The molecule has 0 saturated carbocycles. The third kappa shape index (κ3) is 4.31. The first-order valence-corrected chi connectivity index (χ1v) is 8.54. The quantitative estimate of drug-likeness (QED) is 0.482. The summed E-state index contributed by atoms with van der Waals surface area (Å²) >= 11 is 1.27. The molecule has 0 aromatic carbocycles. The Hall–Kier alpha value is -3.21. The Kier molecular flexibility index (Phi) is 5.95. The van der Waals surface area contributed by atoms with E-state index in [1.54, 1.807) is 12.1 Å². The first-order valence-electron chi connectivity index (χ1n) is 7.72. The molecule has 0 spiro atoms. The number of esters is 1. The maximum Gasteiger partial charge on any atom is 0.332 e. The molecule has 10 nitrogen and oxygen atoms in total. The van der Waals surface area contributed by atoms with E-state index >= 15 is 0 Å². The van der Waals surface area contributed by atoms with Gasteiger partial charge >= 0.3 is 11.7 Å². The van der Waals surface area contributed by atoms with Gasteiger partial charge in [-0.25, -0.2) is 4.79 Å². The molecule has 11 heteroatoms. The number of nitrogen functional groups attached to an aromatic ring is 1. The second-order valence-corrected chi connectivity index (χ2v) is 6.93. The zero-order valence-corrected chi connectivity index (χ0v) is 15.7. The van der Waals surface area contributed by atoms with E-state index < -0.39 is 47.6 Å². The molecule has 27 heavy (non-hydrogen) atoms. The highest BCUT2D eigenvalue weighted by atomic mass is 32.1. The largest absolute Gasteiger partial charge is 0.456 e. The highest BCUT2D eigenvalue weighted by Gasteiger charge is 2.21. The number of rotatable bonds is 6. The van der Waals surface area contributed by atoms with Gasteiger partial charge in [-0.15, -0.1) is 11.3 Å². The van der Waals surface area contributed by atoms with Crippen LogP contribution in [-0.4, -0.2) is 39.9 Å². The number of carbonyl (C=O) groups excluding carboxylic acids is 3. The molecule has 0 saturated heterocycles. The van der Waals surface area contributed by atoms with Crippen LogP contribution in [0, 0.1) is 6.92 Å². The van der Waals surface area contributed by atoms with Crippen LogP contribution in [0.2, 0.25) is 0 Å². The number of anilines is 1. The van der Waals surface area contributed by atoms with Crippen LogP contribution in [0.3, 0.4) is 0 Å². The van der Waals surface area contributed by atoms with E-state index in [2.05, 4.69) is 5.32 Å². The predicted molar refractivity (Wildman–Crippen MR) is 98.0 cm³/mol. The summed E-state index contributed by atoms with van der Waals surface area (Å²) in [5, 5.41) is 2.37. The van der Waals surface area contributed by atoms with Crippen molar-refractivity contribution < 1.29 is 19.1 Å². The fourth-order valence-electron chi connectivity index (χ4n) is 2.19. The van der Waals surface area contributed by atoms with Crippen molar-refractivity contribution in [3.8, 4) is 0 Å². The number of ether oxygens (including phenoxy) is 1. The van der Waals surface area contributed by atoms with Crippen LogP contribution in [-0.2, 0) is 23.6 Å². The Morgan fingerprint density at radius 2 is 1.85 bits per heavy atom. The summed E-state index contributed by atoms with van der Waals surface area (Å²) in [6.45, 7) is 0.658. The Morgan fingerprint density at radius 3 is 2.44 bits per heavy atom. The minimum atomic E-state index is -0.877. The first-order chi connectivity index (χ1) is 12.6. The van der Waals surface area contributed by atoms with Gasteiger partial charge in [-0.05, 0) is 19.1 Å². The Morgan fingerprint density at radius 1 is 1.19 bits per heavy atom. The molecule has 2 heterocycles. The van der Waals surface area contributed by atoms with Gasteiger partial charge in [-0.3, -0.25) is 28.3 Å². The summed E-state index contributed by atoms with van der Waals surface area (Å²) in [5.74, 6) is -2.46. The molecule has 0 aliphatic rings. The molecule has 0 fully saturated rings. The molecular weight excluding hydrogens is 376 g/mol. The van der Waals surface area contributed by atoms with E-state index in [1.807, 2.05) is 6.92 Å². The highest BCUT2D eigenvalue weighted by Crippen LogP contribution is 2.14. The molecule has 0 aliphatic heterocycles. The maximum absolute atomic E-state index is 12.2. The Bertz CT molecular complexity index is 1030. The number of aromatic nitrogens is 2. The molecular formula is C16H18N4O6S. The second-order valence-electron chi connectivity index (χ2n) is 5.64. The number of thiophene rings is 1. The molecule has 1 amide bonds. The fourth-order valence-corrected chi connectivity index (χ4v) is 2.97. The number of hydrogen-bond donors (Lipinski definition) is 2. The predicted octanol–water partition coefficient (Wildman–Crippen LogP) is -0.808. The van der Waals surface area contributed by atoms with Gasteiger partial charge in [0.05, 0.1) is 4.88 Å². The van der Waals surface area contributed by atoms with Gasteiger partial charge in [-0.1, -0.05) is 0 Å². The van der Waals surface area contributed by atoms with Crippen LogP contribution < -0.4 is 22.3 Å². The molecule has 144 valence electrons. The maximum atomic E-state index is 12.2. The number of nitrogens with two attached hydrogens (primary N) is 1. The zero-order valence-electron chi connectivity index (χ0n) is 14.9. The van der Waals surface area contributed by atoms with Crippen LogP contribution >= 0.6 is 11.3 Å². The van der Waals surface area contributed by atoms with E-state index in [0.717, 1.165) is 14.0 Å². The number of Topliss-reactive ketones (excluding diaryl/α,β-unsaturated/α-hetero) is 1. The van der Waals surface area contributed by atoms with Crippen molar-refractivity contribution in [3.05, 3.63) is 48.3 Å². The van der Waals surface area contributed by atoms with Gasteiger partial charge in [0.2, 0.25) is 5.78 Å². The number of nitrogens with zero attached hydrogens (tertiary/aromatic N) is 2. The highest BCUT2D eigenvalue weighted by molar-refractivity contribution is 7.13. The number of hydrogen-bond acceptors (Lipinski definition) is 8. The van der Waals surface area contributed by atoms with Crippen LogP contribution in [0.25, 0.3) is 0 Å². The van der Waals surface area contributed by atoms with Crippen molar-refractivity contribution in [1.82, 2.24) is 14.5 Å². The lowest BCUT2D eigenvalue weighted by atomic mass is 10.2. The minimum Gasteiger partial charge on any atom is -0.456 e. The molecule has 2 rings (SSSR count). The molecule has 2 aromatic rings. The average Bonchev–Trinajstić information content (AvgIpc) is 3.07. The number of nitrogens with one attached hydrogen (secondary N) is 1. The van der Waals surface area contributed by atoms with Crippen molar-refractivity contribution in [1.29, 1.82) is 0 Å². The summed E-state index contributed by atoms with van der Waals surface area (Å²) in [7, 11) is 2.51. The summed E-state index contributed by atoms with van der Waals surface area (Å²) in [6, 6.07) is 3.40. The molecule has 2 aromatic heterocycles. The lowest BCUT2D eigenvalue weighted by molar-refractivity contribution is -0.141. The molecule has 0 radical (unpaired) electrons. The third-order valence-corrected chi connectivity index (χ3v) is 4.71. The number of aryl methyl sites for hydroxylation is 1. The standard InChI is InChI=1S/C16H18N4O6S/c1-8-4-5-10(27-8)14(23)18-6-11(22)26-7-9(21)12-13(17)19(2)16(25)20(3)15(12)24/h4-5H,6-7,17H2,1-3H3,(H,18,23). The average molecular weight is 394 g/mol. The van der Waals surface area contributed by atoms with Crippen molar-refractivity contribution in [2.45, 2.75) is 6.92 Å². The van der Waals surface area contributed by atoms with Gasteiger partial charge in [0.15, 0.2) is 6.61 Å². The molecule has 0 atom stereocenters. The molecule has 0 aliphatic carbocycles. The lowest BCUT2D eigenvalue weighted by Crippen LogP contribution is -2.42. The topological polar surface area (TPSA) is 142 Å². The zero-order chi connectivity index (χ0) is 20.3. The molecule has 0 bridgehead atoms. The van der Waals surface area contributed by atoms with Crippen LogP contribution in [0.4, 0.5) is 5.82 Å². The smallest absolute Gasteiger partial charge is 0.332 e. The van der Waals surface area contributed by atoms with Crippen molar-refractivity contribution in [3.63, 3.8) is 0 Å². The van der Waals surface area contributed by atoms with Crippen LogP contribution in [0.15, 0.2) is 21.7 Å². The van der Waals surface area contributed by atoms with Crippen molar-refractivity contribution in [2.24, 2.45) is 14.1 Å². The van der Waals surface area contributed by atoms with E-state index in [4.69, 9.17) is 10.5 Å². The molecule has 0 unspecified atom stereocenters. The van der Waals surface area contributed by atoms with Crippen molar-refractivity contribution >= 4 is 34.8 Å².